The summed E-state index contributed by atoms with van der Waals surface area (Å²) in [5.41, 5.74) is 1.16. The van der Waals surface area contributed by atoms with Gasteiger partial charge >= 0.3 is 12.0 Å². The Morgan fingerprint density at radius 1 is 1.39 bits per heavy atom. The standard InChI is InChI=1S/C13H20N2O3/c1-8(2)5-6-14-13(18)15-9-3-4-11(15)10(7-9)12(16)17/h5,9-11H,3-4,6-7H2,1-2H3,(H,14,18)(H,16,17). The fraction of sp³-hybridized carbons (Fsp3) is 0.692. The largest absolute Gasteiger partial charge is 0.481 e. The molecule has 2 aliphatic rings. The van der Waals surface area contributed by atoms with Crippen molar-refractivity contribution in [1.29, 1.82) is 0 Å². The lowest BCUT2D eigenvalue weighted by atomic mass is 9.89. The molecule has 2 rings (SSSR count). The van der Waals surface area contributed by atoms with Crippen LogP contribution in [0.5, 0.6) is 0 Å². The summed E-state index contributed by atoms with van der Waals surface area (Å²) in [6.07, 6.45) is 4.31. The lowest BCUT2D eigenvalue weighted by molar-refractivity contribution is -0.142. The quantitative estimate of drug-likeness (QED) is 0.749. The second kappa shape index (κ2) is 5.00. The highest BCUT2D eigenvalue weighted by atomic mass is 16.4. The Labute approximate surface area is 107 Å². The number of urea groups is 1. The number of carbonyl (C=O) groups is 2. The minimum absolute atomic E-state index is 0.112. The molecular weight excluding hydrogens is 232 g/mol. The maximum absolute atomic E-state index is 12.0. The molecule has 2 heterocycles. The van der Waals surface area contributed by atoms with E-state index in [1.165, 1.54) is 0 Å². The zero-order valence-corrected chi connectivity index (χ0v) is 10.8. The molecule has 2 fully saturated rings. The van der Waals surface area contributed by atoms with Crippen LogP contribution in [0.15, 0.2) is 11.6 Å². The predicted octanol–water partition coefficient (Wildman–Crippen LogP) is 1.60. The Morgan fingerprint density at radius 3 is 2.67 bits per heavy atom. The van der Waals surface area contributed by atoms with Gasteiger partial charge < -0.3 is 15.3 Å². The molecular formula is C13H20N2O3. The SMILES string of the molecule is CC(C)=CCNC(=O)N1C2CCC1C(C(=O)O)C2. The summed E-state index contributed by atoms with van der Waals surface area (Å²) in [6, 6.07) is -0.120. The molecule has 5 nitrogen and oxygen atoms in total. The molecule has 3 atom stereocenters. The van der Waals surface area contributed by atoms with E-state index in [1.807, 2.05) is 19.9 Å². The number of carbonyl (C=O) groups excluding carboxylic acids is 1. The number of hydrogen-bond acceptors (Lipinski definition) is 2. The van der Waals surface area contributed by atoms with Gasteiger partial charge in [0.05, 0.1) is 5.92 Å². The number of carboxylic acid groups (broad SMARTS) is 1. The molecule has 2 saturated heterocycles. The third kappa shape index (κ3) is 2.35. The van der Waals surface area contributed by atoms with E-state index in [1.54, 1.807) is 4.90 Å². The lowest BCUT2D eigenvalue weighted by Crippen LogP contribution is -2.44. The van der Waals surface area contributed by atoms with E-state index in [0.717, 1.165) is 18.4 Å². The van der Waals surface area contributed by atoms with E-state index in [9.17, 15) is 9.59 Å². The van der Waals surface area contributed by atoms with Crippen molar-refractivity contribution in [2.75, 3.05) is 6.54 Å². The van der Waals surface area contributed by atoms with Crippen molar-refractivity contribution in [2.45, 2.75) is 45.2 Å². The number of amides is 2. The van der Waals surface area contributed by atoms with Crippen LogP contribution in [0.2, 0.25) is 0 Å². The average molecular weight is 252 g/mol. The topological polar surface area (TPSA) is 69.6 Å². The smallest absolute Gasteiger partial charge is 0.318 e. The molecule has 18 heavy (non-hydrogen) atoms. The number of allylic oxidation sites excluding steroid dienone is 1. The van der Waals surface area contributed by atoms with Crippen molar-refractivity contribution in [3.05, 3.63) is 11.6 Å². The van der Waals surface area contributed by atoms with Gasteiger partial charge in [0.15, 0.2) is 0 Å². The highest BCUT2D eigenvalue weighted by Crippen LogP contribution is 2.41. The molecule has 2 amide bonds. The fourth-order valence-electron chi connectivity index (χ4n) is 3.00. The molecule has 2 bridgehead atoms. The zero-order valence-electron chi connectivity index (χ0n) is 10.8. The maximum Gasteiger partial charge on any atom is 0.318 e. The number of hydrogen-bond donors (Lipinski definition) is 2. The molecule has 0 aliphatic carbocycles. The van der Waals surface area contributed by atoms with Gasteiger partial charge in [0.2, 0.25) is 0 Å². The summed E-state index contributed by atoms with van der Waals surface area (Å²) in [5, 5.41) is 11.9. The lowest BCUT2D eigenvalue weighted by Gasteiger charge is -2.23. The van der Waals surface area contributed by atoms with Crippen molar-refractivity contribution < 1.29 is 14.7 Å². The number of aliphatic carboxylic acids is 1. The van der Waals surface area contributed by atoms with Crippen LogP contribution in [0.1, 0.15) is 33.1 Å². The summed E-state index contributed by atoms with van der Waals surface area (Å²) in [5.74, 6) is -1.15. The Bertz CT molecular complexity index is 388. The zero-order chi connectivity index (χ0) is 13.3. The van der Waals surface area contributed by atoms with E-state index in [0.29, 0.717) is 13.0 Å². The van der Waals surface area contributed by atoms with Gasteiger partial charge in [0.1, 0.15) is 0 Å². The number of fused-ring (bicyclic) bond motifs is 2. The first-order valence-electron chi connectivity index (χ1n) is 6.43. The van der Waals surface area contributed by atoms with Crippen LogP contribution < -0.4 is 5.32 Å². The summed E-state index contributed by atoms with van der Waals surface area (Å²) in [6.45, 7) is 4.47. The van der Waals surface area contributed by atoms with E-state index in [-0.39, 0.29) is 24.0 Å². The van der Waals surface area contributed by atoms with Crippen LogP contribution in [0, 0.1) is 5.92 Å². The van der Waals surface area contributed by atoms with Gasteiger partial charge in [0, 0.05) is 18.6 Å². The third-order valence-electron chi connectivity index (χ3n) is 3.85. The number of nitrogens with zero attached hydrogens (tertiary/aromatic N) is 1. The summed E-state index contributed by atoms with van der Waals surface area (Å²) in [4.78, 5) is 24.9. The van der Waals surface area contributed by atoms with Crippen molar-refractivity contribution in [2.24, 2.45) is 5.92 Å². The molecule has 0 saturated carbocycles. The van der Waals surface area contributed by atoms with E-state index >= 15 is 0 Å². The van der Waals surface area contributed by atoms with Crippen molar-refractivity contribution in [1.82, 2.24) is 10.2 Å². The number of nitrogens with one attached hydrogen (secondary N) is 1. The maximum atomic E-state index is 12.0. The summed E-state index contributed by atoms with van der Waals surface area (Å²) < 4.78 is 0. The van der Waals surface area contributed by atoms with Crippen LogP contribution in [0.3, 0.4) is 0 Å². The first-order chi connectivity index (χ1) is 8.50. The normalized spacial score (nSPS) is 29.2. The average Bonchev–Trinajstić information content (AvgIpc) is 2.85. The Balaban J connectivity index is 1.96. The molecule has 0 aromatic carbocycles. The van der Waals surface area contributed by atoms with Gasteiger partial charge in [0.25, 0.3) is 0 Å². The first kappa shape index (κ1) is 12.9. The molecule has 5 heteroatoms. The van der Waals surface area contributed by atoms with Crippen LogP contribution in [0.25, 0.3) is 0 Å². The molecule has 0 radical (unpaired) electrons. The van der Waals surface area contributed by atoms with Crippen molar-refractivity contribution >= 4 is 12.0 Å². The Morgan fingerprint density at radius 2 is 2.11 bits per heavy atom. The molecule has 0 spiro atoms. The van der Waals surface area contributed by atoms with Crippen LogP contribution in [-0.4, -0.2) is 40.6 Å². The van der Waals surface area contributed by atoms with Gasteiger partial charge in [-0.3, -0.25) is 4.79 Å². The van der Waals surface area contributed by atoms with Gasteiger partial charge in [-0.05, 0) is 33.1 Å². The third-order valence-corrected chi connectivity index (χ3v) is 3.85. The molecule has 3 unspecified atom stereocenters. The van der Waals surface area contributed by atoms with Crippen LogP contribution >= 0.6 is 0 Å². The minimum atomic E-state index is -0.774. The van der Waals surface area contributed by atoms with Crippen molar-refractivity contribution in [3.63, 3.8) is 0 Å². The highest BCUT2D eigenvalue weighted by Gasteiger charge is 2.51. The molecule has 2 aliphatic heterocycles. The van der Waals surface area contributed by atoms with Gasteiger partial charge in [-0.1, -0.05) is 11.6 Å². The van der Waals surface area contributed by atoms with Crippen LogP contribution in [-0.2, 0) is 4.79 Å². The second-order valence-corrected chi connectivity index (χ2v) is 5.35. The second-order valence-electron chi connectivity index (χ2n) is 5.35. The Kier molecular flexibility index (Phi) is 3.59. The van der Waals surface area contributed by atoms with E-state index in [4.69, 9.17) is 5.11 Å². The summed E-state index contributed by atoms with van der Waals surface area (Å²) >= 11 is 0. The predicted molar refractivity (Wildman–Crippen MR) is 67.2 cm³/mol. The molecule has 2 N–H and O–H groups in total. The number of carboxylic acids is 1. The van der Waals surface area contributed by atoms with Crippen molar-refractivity contribution in [3.8, 4) is 0 Å². The molecule has 100 valence electrons. The van der Waals surface area contributed by atoms with E-state index < -0.39 is 5.97 Å². The Hall–Kier alpha value is -1.52. The molecule has 0 aromatic rings. The molecule has 0 aromatic heterocycles. The van der Waals surface area contributed by atoms with Gasteiger partial charge in [-0.25, -0.2) is 4.79 Å². The summed E-state index contributed by atoms with van der Waals surface area (Å²) in [7, 11) is 0. The van der Waals surface area contributed by atoms with Crippen LogP contribution in [0.4, 0.5) is 4.79 Å². The van der Waals surface area contributed by atoms with E-state index in [2.05, 4.69) is 5.32 Å². The fourth-order valence-corrected chi connectivity index (χ4v) is 3.00. The monoisotopic (exact) mass is 252 g/mol. The van der Waals surface area contributed by atoms with Gasteiger partial charge in [-0.15, -0.1) is 0 Å². The van der Waals surface area contributed by atoms with Gasteiger partial charge in [-0.2, -0.15) is 0 Å². The first-order valence-corrected chi connectivity index (χ1v) is 6.43. The number of rotatable bonds is 3. The minimum Gasteiger partial charge on any atom is -0.481 e. The highest BCUT2D eigenvalue weighted by molar-refractivity contribution is 5.79.